The fourth-order valence-electron chi connectivity index (χ4n) is 2.08. The zero-order valence-electron chi connectivity index (χ0n) is 13.8. The van der Waals surface area contributed by atoms with Gasteiger partial charge < -0.3 is 10.6 Å². The molecule has 1 aromatic carbocycles. The van der Waals surface area contributed by atoms with Gasteiger partial charge in [0.1, 0.15) is 12.4 Å². The number of rotatable bonds is 6. The molecule has 2 N–H and O–H groups in total. The molecule has 22 heavy (non-hydrogen) atoms. The van der Waals surface area contributed by atoms with Crippen molar-refractivity contribution < 1.29 is 4.74 Å². The third-order valence-corrected chi connectivity index (χ3v) is 4.18. The first-order valence-electron chi connectivity index (χ1n) is 7.47. The lowest BCUT2D eigenvalue weighted by Crippen LogP contribution is -2.16. The summed E-state index contributed by atoms with van der Waals surface area (Å²) in [5.74, 6) is 7.95. The third kappa shape index (κ3) is 3.94. The summed E-state index contributed by atoms with van der Waals surface area (Å²) in [7, 11) is 0. The van der Waals surface area contributed by atoms with Crippen LogP contribution in [0.15, 0.2) is 23.4 Å². The molecule has 0 saturated carbocycles. The second-order valence-corrected chi connectivity index (χ2v) is 7.46. The highest BCUT2D eigenvalue weighted by atomic mass is 32.2. The van der Waals surface area contributed by atoms with E-state index in [1.54, 1.807) is 11.8 Å². The topological polar surface area (TPSA) is 66.0 Å². The van der Waals surface area contributed by atoms with Crippen molar-refractivity contribution in [3.05, 3.63) is 35.2 Å². The first-order valence-corrected chi connectivity index (χ1v) is 8.35. The lowest BCUT2D eigenvalue weighted by atomic mass is 10.0. The molecular formula is C16H24N4OS. The Balaban J connectivity index is 2.14. The molecule has 6 heteroatoms. The Labute approximate surface area is 136 Å². The molecule has 5 nitrogen and oxygen atoms in total. The molecule has 0 atom stereocenters. The molecule has 0 aliphatic heterocycles. The maximum absolute atomic E-state index is 6.03. The zero-order valence-corrected chi connectivity index (χ0v) is 14.6. The Hall–Kier alpha value is -1.69. The van der Waals surface area contributed by atoms with E-state index in [-0.39, 0.29) is 0 Å². The number of aryl methyl sites for hydroxylation is 1. The van der Waals surface area contributed by atoms with Crippen LogP contribution in [0.4, 0.5) is 0 Å². The third-order valence-electron chi connectivity index (χ3n) is 3.22. The van der Waals surface area contributed by atoms with Gasteiger partial charge in [-0.1, -0.05) is 51.6 Å². The second-order valence-electron chi connectivity index (χ2n) is 5.92. The lowest BCUT2D eigenvalue weighted by molar-refractivity contribution is 0.287. The second kappa shape index (κ2) is 7.05. The van der Waals surface area contributed by atoms with Gasteiger partial charge in [-0.25, -0.2) is 4.68 Å². The summed E-state index contributed by atoms with van der Waals surface area (Å²) >= 11 is 1.59. The van der Waals surface area contributed by atoms with Crippen LogP contribution in [0.2, 0.25) is 0 Å². The normalized spacial score (nSPS) is 11.4. The maximum Gasteiger partial charge on any atom is 0.210 e. The van der Waals surface area contributed by atoms with E-state index >= 15 is 0 Å². The van der Waals surface area contributed by atoms with Gasteiger partial charge in [0.15, 0.2) is 5.82 Å². The molecule has 0 spiro atoms. The standard InChI is InChI=1S/C16H24N4OS/c1-10(2)13-7-6-12(5)8-14(13)21-9-15-18-19-16(20(15)17)22-11(3)4/h6-8,10-11H,9,17H2,1-5H3. The molecule has 0 unspecified atom stereocenters. The van der Waals surface area contributed by atoms with Gasteiger partial charge in [0.2, 0.25) is 5.16 Å². The number of nitrogens with zero attached hydrogens (tertiary/aromatic N) is 3. The molecule has 0 amide bonds. The summed E-state index contributed by atoms with van der Waals surface area (Å²) in [6, 6.07) is 6.27. The van der Waals surface area contributed by atoms with Gasteiger partial charge in [-0.2, -0.15) is 0 Å². The lowest BCUT2D eigenvalue weighted by Gasteiger charge is -2.14. The molecule has 2 rings (SSSR count). The highest BCUT2D eigenvalue weighted by molar-refractivity contribution is 7.99. The van der Waals surface area contributed by atoms with E-state index in [2.05, 4.69) is 63.0 Å². The van der Waals surface area contributed by atoms with Crippen LogP contribution in [-0.2, 0) is 6.61 Å². The summed E-state index contributed by atoms with van der Waals surface area (Å²) in [5, 5.41) is 9.35. The maximum atomic E-state index is 6.03. The van der Waals surface area contributed by atoms with Crippen molar-refractivity contribution in [1.82, 2.24) is 14.9 Å². The summed E-state index contributed by atoms with van der Waals surface area (Å²) in [5.41, 5.74) is 2.36. The van der Waals surface area contributed by atoms with Gasteiger partial charge in [0.25, 0.3) is 0 Å². The molecule has 1 aromatic heterocycles. The van der Waals surface area contributed by atoms with Gasteiger partial charge >= 0.3 is 0 Å². The van der Waals surface area contributed by atoms with Gasteiger partial charge in [0.05, 0.1) is 0 Å². The number of nitrogens with two attached hydrogens (primary N) is 1. The van der Waals surface area contributed by atoms with Crippen LogP contribution in [0.5, 0.6) is 5.75 Å². The number of hydrogen-bond donors (Lipinski definition) is 1. The van der Waals surface area contributed by atoms with Crippen LogP contribution in [0.3, 0.4) is 0 Å². The Morgan fingerprint density at radius 2 is 1.95 bits per heavy atom. The van der Waals surface area contributed by atoms with E-state index in [9.17, 15) is 0 Å². The van der Waals surface area contributed by atoms with Gasteiger partial charge in [-0.3, -0.25) is 0 Å². The first kappa shape index (κ1) is 16.7. The molecule has 120 valence electrons. The smallest absolute Gasteiger partial charge is 0.210 e. The van der Waals surface area contributed by atoms with Crippen molar-refractivity contribution in [1.29, 1.82) is 0 Å². The molecule has 0 aliphatic rings. The monoisotopic (exact) mass is 320 g/mol. The Bertz CT molecular complexity index is 637. The van der Waals surface area contributed by atoms with Crippen molar-refractivity contribution in [3.63, 3.8) is 0 Å². The molecular weight excluding hydrogens is 296 g/mol. The number of nitrogen functional groups attached to an aromatic ring is 1. The fraction of sp³-hybridized carbons (Fsp3) is 0.500. The van der Waals surface area contributed by atoms with Crippen molar-refractivity contribution in [2.75, 3.05) is 5.84 Å². The minimum absolute atomic E-state index is 0.311. The van der Waals surface area contributed by atoms with Crippen LogP contribution in [0.1, 0.15) is 50.6 Å². The van der Waals surface area contributed by atoms with Gasteiger partial charge in [0, 0.05) is 5.25 Å². The van der Waals surface area contributed by atoms with E-state index in [1.165, 1.54) is 15.8 Å². The van der Waals surface area contributed by atoms with Crippen LogP contribution in [0.25, 0.3) is 0 Å². The quantitative estimate of drug-likeness (QED) is 0.652. The van der Waals surface area contributed by atoms with Crippen LogP contribution in [0, 0.1) is 6.92 Å². The Morgan fingerprint density at radius 3 is 2.59 bits per heavy atom. The van der Waals surface area contributed by atoms with Crippen molar-refractivity contribution in [3.8, 4) is 5.75 Å². The van der Waals surface area contributed by atoms with E-state index in [0.717, 1.165) is 5.75 Å². The average Bonchev–Trinajstić information content (AvgIpc) is 2.76. The SMILES string of the molecule is Cc1ccc(C(C)C)c(OCc2nnc(SC(C)C)n2N)c1. The number of aromatic nitrogens is 3. The summed E-state index contributed by atoms with van der Waals surface area (Å²) < 4.78 is 7.46. The van der Waals surface area contributed by atoms with Crippen molar-refractivity contribution in [2.24, 2.45) is 0 Å². The molecule has 1 heterocycles. The first-order chi connectivity index (χ1) is 10.4. The van der Waals surface area contributed by atoms with Crippen LogP contribution in [-0.4, -0.2) is 20.1 Å². The highest BCUT2D eigenvalue weighted by Gasteiger charge is 2.14. The number of ether oxygens (including phenoxy) is 1. The molecule has 0 aliphatic carbocycles. The predicted molar refractivity (Wildman–Crippen MR) is 90.8 cm³/mol. The molecule has 0 saturated heterocycles. The highest BCUT2D eigenvalue weighted by Crippen LogP contribution is 2.28. The zero-order chi connectivity index (χ0) is 16.3. The average molecular weight is 320 g/mol. The summed E-state index contributed by atoms with van der Waals surface area (Å²) in [6.07, 6.45) is 0. The van der Waals surface area contributed by atoms with Crippen molar-refractivity contribution >= 4 is 11.8 Å². The number of benzene rings is 1. The van der Waals surface area contributed by atoms with E-state index in [0.29, 0.717) is 28.8 Å². The number of hydrogen-bond acceptors (Lipinski definition) is 5. The van der Waals surface area contributed by atoms with Crippen molar-refractivity contribution in [2.45, 2.75) is 57.5 Å². The van der Waals surface area contributed by atoms with E-state index in [1.807, 2.05) is 0 Å². The molecule has 0 fully saturated rings. The fourth-order valence-corrected chi connectivity index (χ4v) is 2.81. The van der Waals surface area contributed by atoms with Gasteiger partial charge in [-0.15, -0.1) is 10.2 Å². The van der Waals surface area contributed by atoms with E-state index in [4.69, 9.17) is 10.6 Å². The summed E-state index contributed by atoms with van der Waals surface area (Å²) in [4.78, 5) is 0. The molecule has 0 bridgehead atoms. The summed E-state index contributed by atoms with van der Waals surface area (Å²) in [6.45, 7) is 10.9. The van der Waals surface area contributed by atoms with Crippen LogP contribution < -0.4 is 10.6 Å². The largest absolute Gasteiger partial charge is 0.485 e. The Morgan fingerprint density at radius 1 is 1.23 bits per heavy atom. The van der Waals surface area contributed by atoms with E-state index < -0.39 is 0 Å². The number of thioether (sulfide) groups is 1. The molecule has 0 radical (unpaired) electrons. The van der Waals surface area contributed by atoms with Gasteiger partial charge in [-0.05, 0) is 30.0 Å². The van der Waals surface area contributed by atoms with Crippen LogP contribution >= 0.6 is 11.8 Å². The predicted octanol–water partition coefficient (Wildman–Crippen LogP) is 3.50. The Kier molecular flexibility index (Phi) is 5.34. The minimum Gasteiger partial charge on any atom is -0.485 e. The molecule has 2 aromatic rings. The minimum atomic E-state index is 0.311.